The Morgan fingerprint density at radius 3 is 2.83 bits per heavy atom. The van der Waals surface area contributed by atoms with Crippen LogP contribution in [-0.4, -0.2) is 30.6 Å². The lowest BCUT2D eigenvalue weighted by Crippen LogP contribution is -2.34. The molecule has 1 aromatic heterocycles. The maximum Gasteiger partial charge on any atom is 0.307 e. The topological polar surface area (TPSA) is 29.5 Å². The third-order valence-corrected chi connectivity index (χ3v) is 4.34. The molecule has 1 unspecified atom stereocenters. The van der Waals surface area contributed by atoms with E-state index in [0.717, 1.165) is 13.1 Å². The summed E-state index contributed by atoms with van der Waals surface area (Å²) in [6, 6.07) is 4.40. The lowest BCUT2D eigenvalue weighted by Gasteiger charge is -2.33. The maximum atomic E-state index is 11.7. The van der Waals surface area contributed by atoms with Crippen LogP contribution in [0.4, 0.5) is 0 Å². The van der Waals surface area contributed by atoms with E-state index in [9.17, 15) is 4.79 Å². The summed E-state index contributed by atoms with van der Waals surface area (Å²) in [7, 11) is 0. The number of hydrogen-bond donors (Lipinski definition) is 0. The van der Waals surface area contributed by atoms with Crippen molar-refractivity contribution in [1.82, 2.24) is 4.90 Å². The highest BCUT2D eigenvalue weighted by atomic mass is 32.1. The van der Waals surface area contributed by atoms with E-state index >= 15 is 0 Å². The Balaban J connectivity index is 2.05. The number of thiophene rings is 1. The fourth-order valence-electron chi connectivity index (χ4n) is 2.50. The van der Waals surface area contributed by atoms with E-state index in [4.69, 9.17) is 4.74 Å². The summed E-state index contributed by atoms with van der Waals surface area (Å²) >= 11 is 1.74. The van der Waals surface area contributed by atoms with Gasteiger partial charge in [0, 0.05) is 4.88 Å². The minimum atomic E-state index is -0.0820. The number of carbonyl (C=O) groups excluding carboxylic acids is 1. The molecule has 2 rings (SSSR count). The zero-order valence-corrected chi connectivity index (χ0v) is 11.7. The molecule has 0 aromatic carbocycles. The molecule has 1 fully saturated rings. The Morgan fingerprint density at radius 2 is 2.22 bits per heavy atom. The maximum absolute atomic E-state index is 11.7. The molecule has 1 aliphatic heterocycles. The standard InChI is InChI=1S/C14H21NO2S/c1-2-17-14(16)11-12(13-7-6-10-18-13)15-8-4-3-5-9-15/h6-7,10,12H,2-5,8-9,11H2,1H3. The lowest BCUT2D eigenvalue weighted by molar-refractivity contribution is -0.144. The van der Waals surface area contributed by atoms with E-state index in [0.29, 0.717) is 13.0 Å². The summed E-state index contributed by atoms with van der Waals surface area (Å²) < 4.78 is 5.10. The van der Waals surface area contributed by atoms with E-state index in [2.05, 4.69) is 22.4 Å². The summed E-state index contributed by atoms with van der Waals surface area (Å²) in [6.45, 7) is 4.53. The van der Waals surface area contributed by atoms with Gasteiger partial charge in [-0.2, -0.15) is 0 Å². The number of carbonyl (C=O) groups is 1. The van der Waals surface area contributed by atoms with E-state index in [1.165, 1.54) is 24.1 Å². The highest BCUT2D eigenvalue weighted by Gasteiger charge is 2.25. The smallest absolute Gasteiger partial charge is 0.307 e. The first-order valence-corrected chi connectivity index (χ1v) is 7.62. The van der Waals surface area contributed by atoms with Gasteiger partial charge in [0.25, 0.3) is 0 Å². The number of ether oxygens (including phenoxy) is 1. The second-order valence-electron chi connectivity index (χ2n) is 4.64. The largest absolute Gasteiger partial charge is 0.466 e. The Labute approximate surface area is 113 Å². The molecule has 0 N–H and O–H groups in total. The van der Waals surface area contributed by atoms with Crippen molar-refractivity contribution < 1.29 is 9.53 Å². The first-order chi connectivity index (χ1) is 8.81. The fraction of sp³-hybridized carbons (Fsp3) is 0.643. The molecule has 0 saturated carbocycles. The summed E-state index contributed by atoms with van der Waals surface area (Å²) in [5.74, 6) is -0.0820. The van der Waals surface area contributed by atoms with Crippen LogP contribution in [0.2, 0.25) is 0 Å². The molecule has 18 heavy (non-hydrogen) atoms. The highest BCUT2D eigenvalue weighted by Crippen LogP contribution is 2.30. The molecule has 0 amide bonds. The van der Waals surface area contributed by atoms with Crippen molar-refractivity contribution in [3.8, 4) is 0 Å². The molecule has 100 valence electrons. The molecule has 0 radical (unpaired) electrons. The molecule has 1 atom stereocenters. The van der Waals surface area contributed by atoms with Crippen LogP contribution in [0.15, 0.2) is 17.5 Å². The third kappa shape index (κ3) is 3.56. The average molecular weight is 267 g/mol. The van der Waals surface area contributed by atoms with Gasteiger partial charge in [0.05, 0.1) is 19.1 Å². The van der Waals surface area contributed by atoms with Crippen LogP contribution < -0.4 is 0 Å². The Kier molecular flexibility index (Phi) is 5.20. The van der Waals surface area contributed by atoms with Gasteiger partial charge in [0.2, 0.25) is 0 Å². The molecule has 1 aliphatic rings. The normalized spacial score (nSPS) is 18.5. The Bertz CT molecular complexity index is 358. The zero-order chi connectivity index (χ0) is 12.8. The molecule has 2 heterocycles. The van der Waals surface area contributed by atoms with Gasteiger partial charge in [-0.1, -0.05) is 12.5 Å². The van der Waals surface area contributed by atoms with Crippen LogP contribution in [0.5, 0.6) is 0 Å². The van der Waals surface area contributed by atoms with E-state index in [1.807, 2.05) is 6.92 Å². The number of esters is 1. The first-order valence-electron chi connectivity index (χ1n) is 6.74. The quantitative estimate of drug-likeness (QED) is 0.767. The molecule has 3 nitrogen and oxygen atoms in total. The number of hydrogen-bond acceptors (Lipinski definition) is 4. The number of nitrogens with zero attached hydrogens (tertiary/aromatic N) is 1. The first kappa shape index (κ1) is 13.6. The van der Waals surface area contributed by atoms with Crippen molar-refractivity contribution in [1.29, 1.82) is 0 Å². The number of piperidine rings is 1. The summed E-state index contributed by atoms with van der Waals surface area (Å²) in [6.07, 6.45) is 4.27. The summed E-state index contributed by atoms with van der Waals surface area (Å²) in [5, 5.41) is 2.08. The Morgan fingerprint density at radius 1 is 1.44 bits per heavy atom. The second kappa shape index (κ2) is 6.90. The molecule has 0 bridgehead atoms. The van der Waals surface area contributed by atoms with Crippen LogP contribution in [0, 0.1) is 0 Å². The van der Waals surface area contributed by atoms with Crippen molar-refractivity contribution in [3.63, 3.8) is 0 Å². The number of rotatable bonds is 5. The molecule has 4 heteroatoms. The van der Waals surface area contributed by atoms with Gasteiger partial charge in [0.15, 0.2) is 0 Å². The average Bonchev–Trinajstić information content (AvgIpc) is 2.91. The Hall–Kier alpha value is -0.870. The van der Waals surface area contributed by atoms with Gasteiger partial charge in [-0.05, 0) is 44.3 Å². The van der Waals surface area contributed by atoms with Crippen molar-refractivity contribution in [2.45, 2.75) is 38.6 Å². The van der Waals surface area contributed by atoms with Gasteiger partial charge in [-0.25, -0.2) is 0 Å². The van der Waals surface area contributed by atoms with Crippen LogP contribution in [0.3, 0.4) is 0 Å². The minimum absolute atomic E-state index is 0.0820. The van der Waals surface area contributed by atoms with Crippen molar-refractivity contribution in [2.75, 3.05) is 19.7 Å². The van der Waals surface area contributed by atoms with Crippen molar-refractivity contribution in [2.24, 2.45) is 0 Å². The van der Waals surface area contributed by atoms with Gasteiger partial charge < -0.3 is 4.74 Å². The fourth-order valence-corrected chi connectivity index (χ4v) is 3.36. The van der Waals surface area contributed by atoms with Crippen LogP contribution >= 0.6 is 11.3 Å². The SMILES string of the molecule is CCOC(=O)CC(c1cccs1)N1CCCCC1. The molecule has 0 aliphatic carbocycles. The predicted octanol–water partition coefficient (Wildman–Crippen LogP) is 3.23. The van der Waals surface area contributed by atoms with E-state index in [-0.39, 0.29) is 12.0 Å². The monoisotopic (exact) mass is 267 g/mol. The molecule has 1 aromatic rings. The highest BCUT2D eigenvalue weighted by molar-refractivity contribution is 7.10. The summed E-state index contributed by atoms with van der Waals surface area (Å²) in [5.41, 5.74) is 0. The molecule has 0 spiro atoms. The van der Waals surface area contributed by atoms with Gasteiger partial charge in [-0.3, -0.25) is 9.69 Å². The summed E-state index contributed by atoms with van der Waals surface area (Å²) in [4.78, 5) is 15.5. The molecule has 1 saturated heterocycles. The number of likely N-dealkylation sites (tertiary alicyclic amines) is 1. The predicted molar refractivity (Wildman–Crippen MR) is 73.7 cm³/mol. The van der Waals surface area contributed by atoms with Crippen molar-refractivity contribution >= 4 is 17.3 Å². The van der Waals surface area contributed by atoms with Crippen molar-refractivity contribution in [3.05, 3.63) is 22.4 Å². The van der Waals surface area contributed by atoms with Crippen LogP contribution in [0.25, 0.3) is 0 Å². The van der Waals surface area contributed by atoms with Gasteiger partial charge in [0.1, 0.15) is 0 Å². The zero-order valence-electron chi connectivity index (χ0n) is 10.9. The molecular weight excluding hydrogens is 246 g/mol. The van der Waals surface area contributed by atoms with Gasteiger partial charge >= 0.3 is 5.97 Å². The van der Waals surface area contributed by atoms with Crippen LogP contribution in [-0.2, 0) is 9.53 Å². The second-order valence-corrected chi connectivity index (χ2v) is 5.62. The lowest BCUT2D eigenvalue weighted by atomic mass is 10.0. The van der Waals surface area contributed by atoms with E-state index in [1.54, 1.807) is 11.3 Å². The van der Waals surface area contributed by atoms with Gasteiger partial charge in [-0.15, -0.1) is 11.3 Å². The van der Waals surface area contributed by atoms with Crippen LogP contribution in [0.1, 0.15) is 43.5 Å². The van der Waals surface area contributed by atoms with E-state index < -0.39 is 0 Å². The minimum Gasteiger partial charge on any atom is -0.466 e. The third-order valence-electron chi connectivity index (χ3n) is 3.37. The molecular formula is C14H21NO2S.